The molecule has 2 rings (SSSR count). The van der Waals surface area contributed by atoms with Gasteiger partial charge in [-0.15, -0.1) is 11.3 Å². The molecule has 1 atom stereocenters. The molecule has 0 bridgehead atoms. The Bertz CT molecular complexity index is 599. The van der Waals surface area contributed by atoms with Crippen LogP contribution < -0.4 is 5.32 Å². The third kappa shape index (κ3) is 5.29. The molecule has 1 aromatic heterocycles. The van der Waals surface area contributed by atoms with Crippen LogP contribution in [0, 0.1) is 0 Å². The number of amides is 1. The Hall–Kier alpha value is -2.21. The van der Waals surface area contributed by atoms with Crippen molar-refractivity contribution in [3.05, 3.63) is 52.5 Å². The molecule has 116 valence electrons. The molecule has 0 fully saturated rings. The fourth-order valence-electron chi connectivity index (χ4n) is 2.09. The molecule has 5 nitrogen and oxygen atoms in total. The molecular formula is C16H18N2O3S. The van der Waals surface area contributed by atoms with Crippen LogP contribution >= 0.6 is 11.3 Å². The first-order valence-electron chi connectivity index (χ1n) is 7.09. The number of rotatable bonds is 8. The largest absolute Gasteiger partial charge is 0.480 e. The second kappa shape index (κ2) is 8.29. The van der Waals surface area contributed by atoms with E-state index >= 15 is 0 Å². The second-order valence-corrected chi connectivity index (χ2v) is 5.91. The van der Waals surface area contributed by atoms with Gasteiger partial charge in [0.05, 0.1) is 5.01 Å². The maximum absolute atomic E-state index is 11.9. The molecule has 6 heteroatoms. The first-order chi connectivity index (χ1) is 10.6. The Balaban J connectivity index is 1.80. The summed E-state index contributed by atoms with van der Waals surface area (Å²) < 4.78 is 0. The highest BCUT2D eigenvalue weighted by molar-refractivity contribution is 7.09. The molecule has 0 aliphatic carbocycles. The van der Waals surface area contributed by atoms with Gasteiger partial charge in [0.15, 0.2) is 0 Å². The van der Waals surface area contributed by atoms with Gasteiger partial charge in [-0.2, -0.15) is 0 Å². The van der Waals surface area contributed by atoms with Crippen LogP contribution in [0.25, 0.3) is 0 Å². The van der Waals surface area contributed by atoms with Gasteiger partial charge in [0, 0.05) is 24.4 Å². The van der Waals surface area contributed by atoms with Gasteiger partial charge in [-0.1, -0.05) is 30.3 Å². The van der Waals surface area contributed by atoms with E-state index in [-0.39, 0.29) is 12.3 Å². The number of carbonyl (C=O) groups excluding carboxylic acids is 1. The fraction of sp³-hybridized carbons (Fsp3) is 0.312. The maximum atomic E-state index is 11.9. The minimum absolute atomic E-state index is 0.236. The lowest BCUT2D eigenvalue weighted by Gasteiger charge is -2.14. The summed E-state index contributed by atoms with van der Waals surface area (Å²) >= 11 is 1.56. The van der Waals surface area contributed by atoms with Crippen LogP contribution in [0.5, 0.6) is 0 Å². The van der Waals surface area contributed by atoms with Gasteiger partial charge in [-0.3, -0.25) is 4.79 Å². The van der Waals surface area contributed by atoms with Crippen molar-refractivity contribution >= 4 is 23.2 Å². The molecule has 1 amide bonds. The number of aliphatic carboxylic acids is 1. The molecule has 2 aromatic rings. The number of hydrogen-bond acceptors (Lipinski definition) is 4. The van der Waals surface area contributed by atoms with Crippen LogP contribution in [0.1, 0.15) is 23.4 Å². The highest BCUT2D eigenvalue weighted by atomic mass is 32.1. The molecule has 22 heavy (non-hydrogen) atoms. The zero-order chi connectivity index (χ0) is 15.8. The van der Waals surface area contributed by atoms with Crippen molar-refractivity contribution in [2.45, 2.75) is 31.7 Å². The topological polar surface area (TPSA) is 79.3 Å². The number of aryl methyl sites for hydroxylation is 1. The number of benzene rings is 1. The quantitative estimate of drug-likeness (QED) is 0.782. The smallest absolute Gasteiger partial charge is 0.326 e. The van der Waals surface area contributed by atoms with Crippen LogP contribution in [-0.2, 0) is 22.4 Å². The predicted molar refractivity (Wildman–Crippen MR) is 84.8 cm³/mol. The summed E-state index contributed by atoms with van der Waals surface area (Å²) in [4.78, 5) is 27.3. The van der Waals surface area contributed by atoms with Crippen LogP contribution in [0.3, 0.4) is 0 Å². The lowest BCUT2D eigenvalue weighted by molar-refractivity contribution is -0.141. The van der Waals surface area contributed by atoms with E-state index in [9.17, 15) is 14.7 Å². The van der Waals surface area contributed by atoms with Gasteiger partial charge in [0.25, 0.3) is 0 Å². The van der Waals surface area contributed by atoms with E-state index in [1.54, 1.807) is 17.5 Å². The normalized spacial score (nSPS) is 11.8. The Kier molecular flexibility index (Phi) is 6.09. The summed E-state index contributed by atoms with van der Waals surface area (Å²) in [6, 6.07) is 8.38. The number of aromatic nitrogens is 1. The van der Waals surface area contributed by atoms with Crippen molar-refractivity contribution in [2.75, 3.05) is 0 Å². The zero-order valence-corrected chi connectivity index (χ0v) is 12.9. The molecular weight excluding hydrogens is 300 g/mol. The summed E-state index contributed by atoms with van der Waals surface area (Å²) in [5, 5.41) is 14.7. The van der Waals surface area contributed by atoms with E-state index in [0.717, 1.165) is 17.0 Å². The number of carboxylic acids is 1. The van der Waals surface area contributed by atoms with E-state index in [4.69, 9.17) is 0 Å². The average Bonchev–Trinajstić information content (AvgIpc) is 3.01. The van der Waals surface area contributed by atoms with Crippen molar-refractivity contribution < 1.29 is 14.7 Å². The Morgan fingerprint density at radius 3 is 2.68 bits per heavy atom. The number of thiazole rings is 1. The zero-order valence-electron chi connectivity index (χ0n) is 12.1. The van der Waals surface area contributed by atoms with Crippen LogP contribution in [-0.4, -0.2) is 28.0 Å². The van der Waals surface area contributed by atoms with Gasteiger partial charge < -0.3 is 10.4 Å². The predicted octanol–water partition coefficient (Wildman–Crippen LogP) is 2.28. The third-order valence-electron chi connectivity index (χ3n) is 3.19. The fourth-order valence-corrected chi connectivity index (χ4v) is 2.76. The number of carbonyl (C=O) groups is 2. The Morgan fingerprint density at radius 2 is 2.05 bits per heavy atom. The van der Waals surface area contributed by atoms with Crippen molar-refractivity contribution in [1.82, 2.24) is 10.3 Å². The summed E-state index contributed by atoms with van der Waals surface area (Å²) in [5.41, 5.74) is 0.887. The van der Waals surface area contributed by atoms with Gasteiger partial charge in [-0.25, -0.2) is 9.78 Å². The van der Waals surface area contributed by atoms with E-state index in [1.807, 2.05) is 35.7 Å². The van der Waals surface area contributed by atoms with Gasteiger partial charge >= 0.3 is 5.97 Å². The van der Waals surface area contributed by atoms with E-state index < -0.39 is 12.0 Å². The number of nitrogens with zero attached hydrogens (tertiary/aromatic N) is 1. The molecule has 0 radical (unpaired) electrons. The third-order valence-corrected chi connectivity index (χ3v) is 4.03. The molecule has 1 aromatic carbocycles. The number of hydrogen-bond donors (Lipinski definition) is 2. The average molecular weight is 318 g/mol. The summed E-state index contributed by atoms with van der Waals surface area (Å²) in [5.74, 6) is -1.25. The van der Waals surface area contributed by atoms with Gasteiger partial charge in [0.1, 0.15) is 6.04 Å². The van der Waals surface area contributed by atoms with Crippen molar-refractivity contribution in [3.8, 4) is 0 Å². The summed E-state index contributed by atoms with van der Waals surface area (Å²) in [6.07, 6.45) is 3.73. The molecule has 1 heterocycles. The lowest BCUT2D eigenvalue weighted by Crippen LogP contribution is -2.42. The van der Waals surface area contributed by atoms with Crippen molar-refractivity contribution in [1.29, 1.82) is 0 Å². The molecule has 0 aliphatic heterocycles. The molecule has 0 aliphatic rings. The number of carboxylic acid groups (broad SMARTS) is 1. The summed E-state index contributed by atoms with van der Waals surface area (Å²) in [6.45, 7) is 0. The molecule has 0 spiro atoms. The molecule has 0 saturated carbocycles. The minimum atomic E-state index is -1.02. The minimum Gasteiger partial charge on any atom is -0.480 e. The second-order valence-electron chi connectivity index (χ2n) is 4.93. The first kappa shape index (κ1) is 16.2. The monoisotopic (exact) mass is 318 g/mol. The van der Waals surface area contributed by atoms with E-state index in [0.29, 0.717) is 12.8 Å². The first-order valence-corrected chi connectivity index (χ1v) is 7.97. The Labute approximate surface area is 133 Å². The molecule has 0 saturated heterocycles. The van der Waals surface area contributed by atoms with E-state index in [2.05, 4.69) is 10.3 Å². The van der Waals surface area contributed by atoms with Gasteiger partial charge in [0.2, 0.25) is 5.91 Å². The number of nitrogens with one attached hydrogen (secondary N) is 1. The van der Waals surface area contributed by atoms with Crippen molar-refractivity contribution in [2.24, 2.45) is 0 Å². The highest BCUT2D eigenvalue weighted by Crippen LogP contribution is 2.09. The maximum Gasteiger partial charge on any atom is 0.326 e. The molecule has 0 unspecified atom stereocenters. The standard InChI is InChI=1S/C16H18N2O3S/c19-14(7-4-8-15-17-9-10-22-15)18-13(16(20)21)11-12-5-2-1-3-6-12/h1-3,5-6,9-10,13H,4,7-8,11H2,(H,18,19)(H,20,21)/t13-/m1/s1. The van der Waals surface area contributed by atoms with E-state index in [1.165, 1.54) is 0 Å². The van der Waals surface area contributed by atoms with Crippen LogP contribution in [0.4, 0.5) is 0 Å². The van der Waals surface area contributed by atoms with Crippen molar-refractivity contribution in [3.63, 3.8) is 0 Å². The SMILES string of the molecule is O=C(CCCc1nccs1)N[C@H](Cc1ccccc1)C(=O)O. The van der Waals surface area contributed by atoms with Crippen LogP contribution in [0.15, 0.2) is 41.9 Å². The Morgan fingerprint density at radius 1 is 1.27 bits per heavy atom. The lowest BCUT2D eigenvalue weighted by atomic mass is 10.1. The van der Waals surface area contributed by atoms with Crippen LogP contribution in [0.2, 0.25) is 0 Å². The summed E-state index contributed by atoms with van der Waals surface area (Å²) in [7, 11) is 0. The van der Waals surface area contributed by atoms with Gasteiger partial charge in [-0.05, 0) is 18.4 Å². The molecule has 2 N–H and O–H groups in total. The highest BCUT2D eigenvalue weighted by Gasteiger charge is 2.20.